The molecule has 1 aromatic rings. The van der Waals surface area contributed by atoms with Gasteiger partial charge in [-0.2, -0.15) is 0 Å². The minimum Gasteiger partial charge on any atom is -0.481 e. The summed E-state index contributed by atoms with van der Waals surface area (Å²) in [5, 5.41) is 25.8. The zero-order chi connectivity index (χ0) is 28.1. The van der Waals surface area contributed by atoms with Crippen LogP contribution in [0.25, 0.3) is 0 Å². The quantitative estimate of drug-likeness (QED) is 0.139. The highest BCUT2D eigenvalue weighted by Crippen LogP contribution is 2.09. The van der Waals surface area contributed by atoms with E-state index in [1.165, 1.54) is 0 Å². The minimum absolute atomic E-state index is 0.00673. The normalized spacial score (nSPS) is 14.1. The molecule has 13 heteroatoms. The number of hydrogen-bond acceptors (Lipinski definition) is 7. The minimum atomic E-state index is -1.40. The van der Waals surface area contributed by atoms with Crippen LogP contribution in [0, 0.1) is 5.92 Å². The standard InChI is InChI=1S/C24H35N5O8/c1-13(2)10-18(24(36)37)29-23(35)17(11-14-6-4-3-5-7-14)28-22(34)16(8-9-20(31)32)27-21(33)15(25)12-19(26)30/h3-7,13,15-18H,8-12,25H2,1-2H3,(H2,26,30)(H,27,33)(H,28,34)(H,29,35)(H,31,32)(H,36,37). The molecule has 0 aliphatic heterocycles. The number of carboxylic acid groups (broad SMARTS) is 2. The van der Waals surface area contributed by atoms with Gasteiger partial charge in [-0.1, -0.05) is 44.2 Å². The lowest BCUT2D eigenvalue weighted by Gasteiger charge is -2.25. The molecule has 0 saturated carbocycles. The first-order chi connectivity index (χ1) is 17.3. The van der Waals surface area contributed by atoms with Crippen LogP contribution < -0.4 is 27.4 Å². The molecule has 0 aromatic heterocycles. The van der Waals surface area contributed by atoms with Crippen LogP contribution in [0.3, 0.4) is 0 Å². The topological polar surface area (TPSA) is 231 Å². The molecule has 0 saturated heterocycles. The number of carbonyl (C=O) groups is 6. The molecule has 13 nitrogen and oxygen atoms in total. The molecule has 0 heterocycles. The number of benzene rings is 1. The third-order valence-corrected chi connectivity index (χ3v) is 5.28. The first kappa shape index (κ1) is 31.0. The van der Waals surface area contributed by atoms with E-state index in [-0.39, 0.29) is 25.2 Å². The summed E-state index contributed by atoms with van der Waals surface area (Å²) in [5.41, 5.74) is 11.3. The third kappa shape index (κ3) is 12.0. The maximum Gasteiger partial charge on any atom is 0.326 e. The Kier molecular flexibility index (Phi) is 12.7. The molecule has 0 radical (unpaired) electrons. The van der Waals surface area contributed by atoms with Crippen molar-refractivity contribution in [3.63, 3.8) is 0 Å². The molecule has 4 unspecified atom stereocenters. The summed E-state index contributed by atoms with van der Waals surface area (Å²) in [6, 6.07) is 3.41. The van der Waals surface area contributed by atoms with E-state index in [0.717, 1.165) is 0 Å². The number of carbonyl (C=O) groups excluding carboxylic acids is 4. The van der Waals surface area contributed by atoms with Gasteiger partial charge in [-0.3, -0.25) is 24.0 Å². The maximum atomic E-state index is 13.1. The molecular formula is C24H35N5O8. The van der Waals surface area contributed by atoms with Gasteiger partial charge in [-0.05, 0) is 24.3 Å². The van der Waals surface area contributed by atoms with E-state index in [2.05, 4.69) is 16.0 Å². The zero-order valence-corrected chi connectivity index (χ0v) is 20.8. The maximum absolute atomic E-state index is 13.1. The number of carboxylic acids is 2. The SMILES string of the molecule is CC(C)CC(NC(=O)C(Cc1ccccc1)NC(=O)C(CCC(=O)O)NC(=O)C(N)CC(N)=O)C(=O)O. The van der Waals surface area contributed by atoms with Crippen molar-refractivity contribution in [3.05, 3.63) is 35.9 Å². The number of nitrogens with two attached hydrogens (primary N) is 2. The predicted octanol–water partition coefficient (Wildman–Crippen LogP) is -1.12. The molecule has 9 N–H and O–H groups in total. The van der Waals surface area contributed by atoms with Crippen molar-refractivity contribution < 1.29 is 39.0 Å². The number of nitrogens with one attached hydrogen (secondary N) is 3. The van der Waals surface area contributed by atoms with Crippen LogP contribution in [0.4, 0.5) is 0 Å². The Labute approximate surface area is 214 Å². The number of hydrogen-bond donors (Lipinski definition) is 7. The molecule has 0 aliphatic rings. The van der Waals surface area contributed by atoms with E-state index < -0.39 is 72.6 Å². The van der Waals surface area contributed by atoms with Crippen molar-refractivity contribution in [3.8, 4) is 0 Å². The molecular weight excluding hydrogens is 486 g/mol. The van der Waals surface area contributed by atoms with Gasteiger partial charge in [-0.25, -0.2) is 4.79 Å². The van der Waals surface area contributed by atoms with E-state index in [4.69, 9.17) is 16.6 Å². The molecule has 0 aliphatic carbocycles. The van der Waals surface area contributed by atoms with Crippen molar-refractivity contribution in [1.29, 1.82) is 0 Å². The van der Waals surface area contributed by atoms with E-state index in [9.17, 15) is 33.9 Å². The van der Waals surface area contributed by atoms with Crippen molar-refractivity contribution in [2.45, 2.75) is 70.1 Å². The summed E-state index contributed by atoms with van der Waals surface area (Å²) in [6.07, 6.45) is -1.17. The highest BCUT2D eigenvalue weighted by atomic mass is 16.4. The van der Waals surface area contributed by atoms with Gasteiger partial charge < -0.3 is 37.6 Å². The average molecular weight is 522 g/mol. The highest BCUT2D eigenvalue weighted by Gasteiger charge is 2.31. The van der Waals surface area contributed by atoms with Crippen LogP contribution in [0.2, 0.25) is 0 Å². The lowest BCUT2D eigenvalue weighted by molar-refractivity contribution is -0.142. The van der Waals surface area contributed by atoms with Crippen molar-refractivity contribution >= 4 is 35.6 Å². The van der Waals surface area contributed by atoms with E-state index in [1.54, 1.807) is 44.2 Å². The fourth-order valence-corrected chi connectivity index (χ4v) is 3.42. The zero-order valence-electron chi connectivity index (χ0n) is 20.8. The Morgan fingerprint density at radius 1 is 0.838 bits per heavy atom. The Balaban J connectivity index is 3.15. The second-order valence-corrected chi connectivity index (χ2v) is 9.05. The molecule has 4 amide bonds. The summed E-state index contributed by atoms with van der Waals surface area (Å²) in [6.45, 7) is 3.59. The fourth-order valence-electron chi connectivity index (χ4n) is 3.42. The average Bonchev–Trinajstić information content (AvgIpc) is 2.80. The van der Waals surface area contributed by atoms with Gasteiger partial charge in [-0.15, -0.1) is 0 Å². The lowest BCUT2D eigenvalue weighted by atomic mass is 10.0. The molecule has 1 aromatic carbocycles. The summed E-state index contributed by atoms with van der Waals surface area (Å²) >= 11 is 0. The predicted molar refractivity (Wildman–Crippen MR) is 132 cm³/mol. The van der Waals surface area contributed by atoms with Crippen LogP contribution in [0.5, 0.6) is 0 Å². The Morgan fingerprint density at radius 2 is 1.38 bits per heavy atom. The highest BCUT2D eigenvalue weighted by molar-refractivity contribution is 5.95. The summed E-state index contributed by atoms with van der Waals surface area (Å²) in [7, 11) is 0. The number of aliphatic carboxylic acids is 2. The molecule has 0 bridgehead atoms. The Bertz CT molecular complexity index is 969. The van der Waals surface area contributed by atoms with Gasteiger partial charge in [0.2, 0.25) is 23.6 Å². The molecule has 37 heavy (non-hydrogen) atoms. The second-order valence-electron chi connectivity index (χ2n) is 9.05. The van der Waals surface area contributed by atoms with Gasteiger partial charge in [0.1, 0.15) is 18.1 Å². The van der Waals surface area contributed by atoms with Crippen LogP contribution >= 0.6 is 0 Å². The smallest absolute Gasteiger partial charge is 0.326 e. The van der Waals surface area contributed by atoms with Crippen LogP contribution in [0.15, 0.2) is 30.3 Å². The lowest BCUT2D eigenvalue weighted by Crippen LogP contribution is -2.58. The van der Waals surface area contributed by atoms with Crippen molar-refractivity contribution in [1.82, 2.24) is 16.0 Å². The van der Waals surface area contributed by atoms with Crippen molar-refractivity contribution in [2.75, 3.05) is 0 Å². The van der Waals surface area contributed by atoms with E-state index in [1.807, 2.05) is 0 Å². The number of amides is 4. The summed E-state index contributed by atoms with van der Waals surface area (Å²) < 4.78 is 0. The van der Waals surface area contributed by atoms with Crippen molar-refractivity contribution in [2.24, 2.45) is 17.4 Å². The van der Waals surface area contributed by atoms with Crippen LogP contribution in [-0.4, -0.2) is 69.9 Å². The molecule has 1 rings (SSSR count). The van der Waals surface area contributed by atoms with Gasteiger partial charge in [0.25, 0.3) is 0 Å². The van der Waals surface area contributed by atoms with Gasteiger partial charge >= 0.3 is 11.9 Å². The molecule has 0 spiro atoms. The number of primary amides is 1. The summed E-state index contributed by atoms with van der Waals surface area (Å²) in [5.74, 6) is -5.90. The molecule has 204 valence electrons. The van der Waals surface area contributed by atoms with Crippen LogP contribution in [0.1, 0.15) is 45.1 Å². The first-order valence-electron chi connectivity index (χ1n) is 11.7. The Morgan fingerprint density at radius 3 is 1.89 bits per heavy atom. The second kappa shape index (κ2) is 15.2. The summed E-state index contributed by atoms with van der Waals surface area (Å²) in [4.78, 5) is 72.3. The van der Waals surface area contributed by atoms with E-state index in [0.29, 0.717) is 5.56 Å². The first-order valence-corrected chi connectivity index (χ1v) is 11.7. The van der Waals surface area contributed by atoms with Gasteiger partial charge in [0, 0.05) is 12.8 Å². The largest absolute Gasteiger partial charge is 0.481 e. The molecule has 0 fully saturated rings. The van der Waals surface area contributed by atoms with Gasteiger partial charge in [0.05, 0.1) is 12.5 Å². The number of rotatable bonds is 16. The Hall–Kier alpha value is -4.00. The fraction of sp³-hybridized carbons (Fsp3) is 0.500. The van der Waals surface area contributed by atoms with E-state index >= 15 is 0 Å². The van der Waals surface area contributed by atoms with Gasteiger partial charge in [0.15, 0.2) is 0 Å². The van der Waals surface area contributed by atoms with Crippen LogP contribution in [-0.2, 0) is 35.2 Å². The monoisotopic (exact) mass is 521 g/mol. The third-order valence-electron chi connectivity index (χ3n) is 5.28. The molecule has 4 atom stereocenters.